The third-order valence-corrected chi connectivity index (χ3v) is 4.08. The van der Waals surface area contributed by atoms with E-state index in [2.05, 4.69) is 36.1 Å². The molecule has 110 valence electrons. The average molecular weight is 310 g/mol. The lowest BCUT2D eigenvalue weighted by Crippen LogP contribution is -2.32. The second-order valence-electron chi connectivity index (χ2n) is 5.32. The van der Waals surface area contributed by atoms with E-state index in [0.29, 0.717) is 5.02 Å². The van der Waals surface area contributed by atoms with E-state index in [4.69, 9.17) is 11.6 Å². The number of hydrogen-bond acceptors (Lipinski definition) is 1. The highest BCUT2D eigenvalue weighted by Gasteiger charge is 2.16. The van der Waals surface area contributed by atoms with Crippen LogP contribution in [0.25, 0.3) is 0 Å². The molecule has 2 aromatic rings. The third kappa shape index (κ3) is 3.50. The van der Waals surface area contributed by atoms with Crippen LogP contribution >= 0.6 is 11.6 Å². The number of carbonyl (C=O) groups excluding carboxylic acids is 1. The molecular formula is C19H16ClNO. The van der Waals surface area contributed by atoms with Gasteiger partial charge in [0.15, 0.2) is 0 Å². The average Bonchev–Trinajstić information content (AvgIpc) is 2.75. The number of nitrogens with zero attached hydrogens (tertiary/aromatic N) is 1. The minimum absolute atomic E-state index is 0.118. The van der Waals surface area contributed by atoms with E-state index in [0.717, 1.165) is 31.5 Å². The lowest BCUT2D eigenvalue weighted by atomic mass is 10.0. The van der Waals surface area contributed by atoms with Crippen molar-refractivity contribution >= 4 is 17.5 Å². The Morgan fingerprint density at radius 2 is 1.68 bits per heavy atom. The fraction of sp³-hybridized carbons (Fsp3) is 0.211. The predicted octanol–water partition coefficient (Wildman–Crippen LogP) is 3.32. The molecule has 22 heavy (non-hydrogen) atoms. The molecule has 0 saturated carbocycles. The molecule has 3 heteroatoms. The summed E-state index contributed by atoms with van der Waals surface area (Å²) in [5, 5.41) is 0.629. The summed E-state index contributed by atoms with van der Waals surface area (Å²) in [5.74, 6) is 5.51. The van der Waals surface area contributed by atoms with Crippen LogP contribution < -0.4 is 0 Å². The summed E-state index contributed by atoms with van der Waals surface area (Å²) in [7, 11) is 0. The van der Waals surface area contributed by atoms with Crippen LogP contribution in [-0.4, -0.2) is 23.9 Å². The normalized spacial score (nSPS) is 13.6. The SMILES string of the molecule is O=C(C#Cc1cccc(Cl)c1)N1CCc2ccccc2CC1. The Kier molecular flexibility index (Phi) is 4.46. The molecule has 2 aromatic carbocycles. The molecule has 0 aromatic heterocycles. The van der Waals surface area contributed by atoms with Gasteiger partial charge in [0, 0.05) is 29.6 Å². The van der Waals surface area contributed by atoms with E-state index >= 15 is 0 Å². The number of benzene rings is 2. The van der Waals surface area contributed by atoms with Gasteiger partial charge < -0.3 is 4.90 Å². The van der Waals surface area contributed by atoms with Crippen molar-refractivity contribution < 1.29 is 4.79 Å². The Hall–Kier alpha value is -2.24. The van der Waals surface area contributed by atoms with Crippen LogP contribution in [-0.2, 0) is 17.6 Å². The smallest absolute Gasteiger partial charge is 0.298 e. The van der Waals surface area contributed by atoms with Gasteiger partial charge in [0.2, 0.25) is 0 Å². The summed E-state index contributed by atoms with van der Waals surface area (Å²) >= 11 is 5.92. The summed E-state index contributed by atoms with van der Waals surface area (Å²) in [5.41, 5.74) is 3.43. The minimum atomic E-state index is -0.118. The molecule has 1 amide bonds. The molecule has 1 aliphatic heterocycles. The van der Waals surface area contributed by atoms with Crippen molar-refractivity contribution in [1.29, 1.82) is 0 Å². The first-order chi connectivity index (χ1) is 10.7. The Morgan fingerprint density at radius 3 is 2.32 bits per heavy atom. The standard InChI is InChI=1S/C19H16ClNO/c20-18-7-3-4-15(14-18)8-9-19(22)21-12-10-16-5-1-2-6-17(16)11-13-21/h1-7,14H,10-13H2. The highest BCUT2D eigenvalue weighted by atomic mass is 35.5. The van der Waals surface area contributed by atoms with Gasteiger partial charge in [0.05, 0.1) is 0 Å². The molecule has 1 aliphatic rings. The van der Waals surface area contributed by atoms with Crippen LogP contribution in [0.3, 0.4) is 0 Å². The highest BCUT2D eigenvalue weighted by molar-refractivity contribution is 6.30. The van der Waals surface area contributed by atoms with Gasteiger partial charge >= 0.3 is 0 Å². The van der Waals surface area contributed by atoms with Crippen molar-refractivity contribution in [2.24, 2.45) is 0 Å². The van der Waals surface area contributed by atoms with Gasteiger partial charge in [-0.1, -0.05) is 47.9 Å². The van der Waals surface area contributed by atoms with Crippen LogP contribution in [0.5, 0.6) is 0 Å². The lowest BCUT2D eigenvalue weighted by molar-refractivity contribution is -0.125. The first kappa shape index (κ1) is 14.7. The van der Waals surface area contributed by atoms with Gasteiger partial charge in [-0.05, 0) is 42.2 Å². The summed E-state index contributed by atoms with van der Waals surface area (Å²) in [6, 6.07) is 15.6. The Bertz CT molecular complexity index is 730. The fourth-order valence-electron chi connectivity index (χ4n) is 2.64. The van der Waals surface area contributed by atoms with Crippen molar-refractivity contribution in [2.45, 2.75) is 12.8 Å². The zero-order valence-electron chi connectivity index (χ0n) is 12.2. The van der Waals surface area contributed by atoms with Gasteiger partial charge in [-0.25, -0.2) is 0 Å². The zero-order chi connectivity index (χ0) is 15.4. The van der Waals surface area contributed by atoms with Gasteiger partial charge in [-0.3, -0.25) is 4.79 Å². The largest absolute Gasteiger partial charge is 0.331 e. The molecule has 0 bridgehead atoms. The zero-order valence-corrected chi connectivity index (χ0v) is 12.9. The predicted molar refractivity (Wildman–Crippen MR) is 88.8 cm³/mol. The van der Waals surface area contributed by atoms with Crippen molar-refractivity contribution in [3.8, 4) is 11.8 Å². The first-order valence-corrected chi connectivity index (χ1v) is 7.73. The van der Waals surface area contributed by atoms with Gasteiger partial charge in [-0.15, -0.1) is 0 Å². The Morgan fingerprint density at radius 1 is 1.00 bits per heavy atom. The number of fused-ring (bicyclic) bond motifs is 1. The van der Waals surface area contributed by atoms with E-state index in [1.54, 1.807) is 12.1 Å². The second-order valence-corrected chi connectivity index (χ2v) is 5.76. The molecule has 0 spiro atoms. The lowest BCUT2D eigenvalue weighted by Gasteiger charge is -2.16. The number of amides is 1. The maximum atomic E-state index is 12.3. The summed E-state index contributed by atoms with van der Waals surface area (Å²) < 4.78 is 0. The van der Waals surface area contributed by atoms with Crippen LogP contribution in [0, 0.1) is 11.8 Å². The Balaban J connectivity index is 1.70. The van der Waals surface area contributed by atoms with E-state index in [1.807, 2.05) is 17.0 Å². The van der Waals surface area contributed by atoms with Crippen molar-refractivity contribution in [1.82, 2.24) is 4.90 Å². The molecule has 0 atom stereocenters. The first-order valence-electron chi connectivity index (χ1n) is 7.35. The van der Waals surface area contributed by atoms with Crippen molar-refractivity contribution in [2.75, 3.05) is 13.1 Å². The third-order valence-electron chi connectivity index (χ3n) is 3.85. The fourth-order valence-corrected chi connectivity index (χ4v) is 2.83. The van der Waals surface area contributed by atoms with Crippen LogP contribution in [0.2, 0.25) is 5.02 Å². The molecule has 0 N–H and O–H groups in total. The Labute approximate surface area is 135 Å². The van der Waals surface area contributed by atoms with E-state index in [9.17, 15) is 4.79 Å². The topological polar surface area (TPSA) is 20.3 Å². The summed E-state index contributed by atoms with van der Waals surface area (Å²) in [4.78, 5) is 14.1. The molecule has 0 aliphatic carbocycles. The molecule has 2 nitrogen and oxygen atoms in total. The number of halogens is 1. The molecule has 0 fully saturated rings. The minimum Gasteiger partial charge on any atom is -0.331 e. The van der Waals surface area contributed by atoms with Crippen LogP contribution in [0.4, 0.5) is 0 Å². The highest BCUT2D eigenvalue weighted by Crippen LogP contribution is 2.15. The van der Waals surface area contributed by atoms with E-state index in [-0.39, 0.29) is 5.91 Å². The number of hydrogen-bond donors (Lipinski definition) is 0. The quantitative estimate of drug-likeness (QED) is 0.684. The molecular weight excluding hydrogens is 294 g/mol. The maximum Gasteiger partial charge on any atom is 0.298 e. The summed E-state index contributed by atoms with van der Waals surface area (Å²) in [6.07, 6.45) is 1.78. The number of rotatable bonds is 0. The van der Waals surface area contributed by atoms with Crippen LogP contribution in [0.15, 0.2) is 48.5 Å². The van der Waals surface area contributed by atoms with Crippen molar-refractivity contribution in [3.63, 3.8) is 0 Å². The van der Waals surface area contributed by atoms with Crippen LogP contribution in [0.1, 0.15) is 16.7 Å². The monoisotopic (exact) mass is 309 g/mol. The van der Waals surface area contributed by atoms with Gasteiger partial charge in [0.1, 0.15) is 0 Å². The second kappa shape index (κ2) is 6.68. The molecule has 0 unspecified atom stereocenters. The van der Waals surface area contributed by atoms with Crippen molar-refractivity contribution in [3.05, 3.63) is 70.2 Å². The molecule has 3 rings (SSSR count). The summed E-state index contributed by atoms with van der Waals surface area (Å²) in [6.45, 7) is 1.44. The molecule has 1 heterocycles. The van der Waals surface area contributed by atoms with E-state index < -0.39 is 0 Å². The number of carbonyl (C=O) groups is 1. The molecule has 0 radical (unpaired) electrons. The van der Waals surface area contributed by atoms with E-state index in [1.165, 1.54) is 11.1 Å². The molecule has 0 saturated heterocycles. The van der Waals surface area contributed by atoms with Gasteiger partial charge in [0.25, 0.3) is 5.91 Å². The maximum absolute atomic E-state index is 12.3. The van der Waals surface area contributed by atoms with Gasteiger partial charge in [-0.2, -0.15) is 0 Å².